The lowest BCUT2D eigenvalue weighted by molar-refractivity contribution is -0.116. The number of anilines is 2. The van der Waals surface area contributed by atoms with Crippen LogP contribution in [-0.2, 0) is 14.8 Å². The Labute approximate surface area is 199 Å². The second-order valence-electron chi connectivity index (χ2n) is 10.0. The predicted octanol–water partition coefficient (Wildman–Crippen LogP) is 3.91. The van der Waals surface area contributed by atoms with Gasteiger partial charge in [-0.1, -0.05) is 38.5 Å². The second-order valence-corrected chi connectivity index (χ2v) is 12.0. The highest BCUT2D eigenvalue weighted by molar-refractivity contribution is 7.89. The van der Waals surface area contributed by atoms with E-state index in [1.807, 2.05) is 6.07 Å². The molecule has 2 heterocycles. The third-order valence-electron chi connectivity index (χ3n) is 7.54. The minimum Gasteiger partial charge on any atom is -0.367 e. The van der Waals surface area contributed by atoms with Crippen LogP contribution >= 0.6 is 0 Å². The van der Waals surface area contributed by atoms with Gasteiger partial charge in [0.15, 0.2) is 0 Å². The number of rotatable bonds is 7. The van der Waals surface area contributed by atoms with Gasteiger partial charge in [-0.25, -0.2) is 8.42 Å². The summed E-state index contributed by atoms with van der Waals surface area (Å²) in [6, 6.07) is 5.30. The molecule has 1 aliphatic carbocycles. The normalized spacial score (nSPS) is 21.8. The summed E-state index contributed by atoms with van der Waals surface area (Å²) in [5.74, 6) is 0.635. The Bertz CT molecular complexity index is 900. The average molecular weight is 477 g/mol. The molecule has 2 saturated heterocycles. The minimum atomic E-state index is -3.55. The molecule has 7 nitrogen and oxygen atoms in total. The van der Waals surface area contributed by atoms with Gasteiger partial charge >= 0.3 is 0 Å². The predicted molar refractivity (Wildman–Crippen MR) is 133 cm³/mol. The topological polar surface area (TPSA) is 73.0 Å². The molecule has 0 spiro atoms. The maximum atomic E-state index is 13.3. The van der Waals surface area contributed by atoms with E-state index in [2.05, 4.69) is 22.2 Å². The number of nitrogens with one attached hydrogen (secondary N) is 1. The van der Waals surface area contributed by atoms with E-state index in [0.29, 0.717) is 31.1 Å². The molecule has 1 N–H and O–H groups in total. The molecule has 0 aromatic heterocycles. The van der Waals surface area contributed by atoms with Crippen molar-refractivity contribution in [1.29, 1.82) is 0 Å². The number of sulfonamides is 1. The molecule has 0 radical (unpaired) electrons. The lowest BCUT2D eigenvalue weighted by Gasteiger charge is -2.35. The quantitative estimate of drug-likeness (QED) is 0.646. The van der Waals surface area contributed by atoms with Crippen LogP contribution in [0.5, 0.6) is 0 Å². The molecule has 1 aromatic carbocycles. The minimum absolute atomic E-state index is 0.0107. The number of carbonyl (C=O) groups excluding carboxylic acids is 1. The largest absolute Gasteiger partial charge is 0.367 e. The molecule has 0 unspecified atom stereocenters. The van der Waals surface area contributed by atoms with Gasteiger partial charge in [0.1, 0.15) is 0 Å². The number of hydrogen-bond donors (Lipinski definition) is 1. The Hall–Kier alpha value is -1.64. The fourth-order valence-electron chi connectivity index (χ4n) is 5.38. The fraction of sp³-hybridized carbons (Fsp3) is 0.720. The Balaban J connectivity index is 1.53. The molecule has 4 rings (SSSR count). The first-order valence-corrected chi connectivity index (χ1v) is 14.2. The molecule has 1 aromatic rings. The monoisotopic (exact) mass is 476 g/mol. The lowest BCUT2D eigenvalue weighted by Crippen LogP contribution is -2.44. The highest BCUT2D eigenvalue weighted by Crippen LogP contribution is 2.32. The summed E-state index contributed by atoms with van der Waals surface area (Å²) in [6.07, 6.45) is 10.6. The van der Waals surface area contributed by atoms with Crippen LogP contribution in [0.25, 0.3) is 0 Å². The number of carbonyl (C=O) groups is 1. The van der Waals surface area contributed by atoms with E-state index in [1.54, 1.807) is 16.4 Å². The van der Waals surface area contributed by atoms with Crippen molar-refractivity contribution < 1.29 is 13.2 Å². The van der Waals surface area contributed by atoms with E-state index in [4.69, 9.17) is 0 Å². The van der Waals surface area contributed by atoms with Gasteiger partial charge < -0.3 is 15.1 Å². The van der Waals surface area contributed by atoms with Gasteiger partial charge in [0.25, 0.3) is 0 Å². The summed E-state index contributed by atoms with van der Waals surface area (Å²) in [4.78, 5) is 17.7. The van der Waals surface area contributed by atoms with E-state index in [9.17, 15) is 13.2 Å². The molecule has 3 aliphatic rings. The SMILES string of the molecule is CN1CCN(c2ccc(S(=O)(=O)N3CCCCC3)cc2NC(=O)CCC2CCCCC2)CC1. The van der Waals surface area contributed by atoms with Crippen molar-refractivity contribution in [2.24, 2.45) is 5.92 Å². The molecular formula is C25H40N4O3S. The van der Waals surface area contributed by atoms with Crippen LogP contribution in [0, 0.1) is 5.92 Å². The van der Waals surface area contributed by atoms with Crippen LogP contribution in [0.3, 0.4) is 0 Å². The molecule has 8 heteroatoms. The van der Waals surface area contributed by atoms with Gasteiger partial charge in [-0.15, -0.1) is 0 Å². The summed E-state index contributed by atoms with van der Waals surface area (Å²) < 4.78 is 28.2. The van der Waals surface area contributed by atoms with E-state index < -0.39 is 10.0 Å². The number of benzene rings is 1. The number of piperazine rings is 1. The third kappa shape index (κ3) is 6.28. The molecule has 184 valence electrons. The van der Waals surface area contributed by atoms with Gasteiger partial charge in [-0.3, -0.25) is 4.79 Å². The molecule has 0 bridgehead atoms. The highest BCUT2D eigenvalue weighted by Gasteiger charge is 2.28. The van der Waals surface area contributed by atoms with Crippen LogP contribution in [-0.4, -0.2) is 69.8 Å². The fourth-order valence-corrected chi connectivity index (χ4v) is 6.92. The van der Waals surface area contributed by atoms with Gasteiger partial charge in [0.05, 0.1) is 16.3 Å². The first-order chi connectivity index (χ1) is 15.9. The number of likely N-dealkylation sites (N-methyl/N-ethyl adjacent to an activating group) is 1. The van der Waals surface area contributed by atoms with Crippen LogP contribution < -0.4 is 10.2 Å². The van der Waals surface area contributed by atoms with Crippen molar-refractivity contribution in [3.8, 4) is 0 Å². The van der Waals surface area contributed by atoms with Crippen molar-refractivity contribution in [3.63, 3.8) is 0 Å². The van der Waals surface area contributed by atoms with E-state index in [0.717, 1.165) is 57.5 Å². The van der Waals surface area contributed by atoms with Gasteiger partial charge in [0, 0.05) is 45.7 Å². The maximum Gasteiger partial charge on any atom is 0.243 e. The van der Waals surface area contributed by atoms with Gasteiger partial charge in [-0.2, -0.15) is 4.31 Å². The molecular weight excluding hydrogens is 436 g/mol. The summed E-state index contributed by atoms with van der Waals surface area (Å²) in [5, 5.41) is 3.10. The zero-order chi connectivity index (χ0) is 23.3. The molecule has 2 aliphatic heterocycles. The van der Waals surface area contributed by atoms with Crippen molar-refractivity contribution in [3.05, 3.63) is 18.2 Å². The molecule has 1 saturated carbocycles. The molecule has 0 atom stereocenters. The van der Waals surface area contributed by atoms with Crippen LogP contribution in [0.15, 0.2) is 23.1 Å². The Morgan fingerprint density at radius 2 is 1.61 bits per heavy atom. The molecule has 3 fully saturated rings. The third-order valence-corrected chi connectivity index (χ3v) is 9.44. The van der Waals surface area contributed by atoms with Crippen LogP contribution in [0.1, 0.15) is 64.2 Å². The van der Waals surface area contributed by atoms with E-state index >= 15 is 0 Å². The van der Waals surface area contributed by atoms with Crippen LogP contribution in [0.4, 0.5) is 11.4 Å². The molecule has 33 heavy (non-hydrogen) atoms. The zero-order valence-corrected chi connectivity index (χ0v) is 20.9. The first kappa shape index (κ1) is 24.5. The molecule has 1 amide bonds. The van der Waals surface area contributed by atoms with Crippen molar-refractivity contribution in [2.75, 3.05) is 56.5 Å². The number of piperidine rings is 1. The van der Waals surface area contributed by atoms with Gasteiger partial charge in [0.2, 0.25) is 15.9 Å². The van der Waals surface area contributed by atoms with Gasteiger partial charge in [-0.05, 0) is 50.4 Å². The summed E-state index contributed by atoms with van der Waals surface area (Å²) in [6.45, 7) is 4.77. The Morgan fingerprint density at radius 1 is 0.939 bits per heavy atom. The summed E-state index contributed by atoms with van der Waals surface area (Å²) in [5.41, 5.74) is 1.55. The smallest absolute Gasteiger partial charge is 0.243 e. The van der Waals surface area contributed by atoms with Crippen molar-refractivity contribution in [2.45, 2.75) is 69.1 Å². The Morgan fingerprint density at radius 3 is 2.30 bits per heavy atom. The summed E-state index contributed by atoms with van der Waals surface area (Å²) >= 11 is 0. The van der Waals surface area contributed by atoms with E-state index in [1.165, 1.54) is 32.1 Å². The number of hydrogen-bond acceptors (Lipinski definition) is 5. The maximum absolute atomic E-state index is 13.3. The standard InChI is InChI=1S/C25H40N4O3S/c1-27-16-18-28(19-17-27)24-12-11-22(33(31,32)29-14-6-3-7-15-29)20-23(24)26-25(30)13-10-21-8-4-2-5-9-21/h11-12,20-21H,2-10,13-19H2,1H3,(H,26,30). The average Bonchev–Trinajstić information content (AvgIpc) is 2.84. The van der Waals surface area contributed by atoms with E-state index in [-0.39, 0.29) is 10.8 Å². The zero-order valence-electron chi connectivity index (χ0n) is 20.1. The number of nitrogens with zero attached hydrogens (tertiary/aromatic N) is 3. The number of amides is 1. The first-order valence-electron chi connectivity index (χ1n) is 12.8. The second kappa shape index (κ2) is 11.2. The Kier molecular flexibility index (Phi) is 8.30. The van der Waals surface area contributed by atoms with Crippen molar-refractivity contribution >= 4 is 27.3 Å². The van der Waals surface area contributed by atoms with Crippen molar-refractivity contribution in [1.82, 2.24) is 9.21 Å². The highest BCUT2D eigenvalue weighted by atomic mass is 32.2. The van der Waals surface area contributed by atoms with Crippen LogP contribution in [0.2, 0.25) is 0 Å². The summed E-state index contributed by atoms with van der Waals surface area (Å²) in [7, 11) is -1.44. The lowest BCUT2D eigenvalue weighted by atomic mass is 9.86.